The van der Waals surface area contributed by atoms with Crippen molar-refractivity contribution >= 4 is 29.9 Å². The summed E-state index contributed by atoms with van der Waals surface area (Å²) >= 11 is 0. The molecule has 3 N–H and O–H groups in total. The first kappa shape index (κ1) is 26.4. The van der Waals surface area contributed by atoms with Crippen LogP contribution in [0.2, 0.25) is 0 Å². The Morgan fingerprint density at radius 3 is 2.12 bits per heavy atom. The third-order valence-corrected chi connectivity index (χ3v) is 5.23. The number of ether oxygens (including phenoxy) is 1. The normalized spacial score (nSPS) is 16.7. The molecule has 32 heavy (non-hydrogen) atoms. The third kappa shape index (κ3) is 7.95. The Labute approximate surface area is 205 Å². The second-order valence-electron chi connectivity index (χ2n) is 7.38. The Morgan fingerprint density at radius 2 is 1.56 bits per heavy atom. The SMILES string of the molecule is CCNC(=NCC(c1ccc(F)cc1)N1CCOCC1)NCC(O)c1ccc(F)cc1.I. The van der Waals surface area contributed by atoms with Crippen molar-refractivity contribution in [2.45, 2.75) is 19.1 Å². The second-order valence-corrected chi connectivity index (χ2v) is 7.38. The van der Waals surface area contributed by atoms with Crippen molar-refractivity contribution in [2.24, 2.45) is 4.99 Å². The molecule has 1 aliphatic heterocycles. The van der Waals surface area contributed by atoms with Gasteiger partial charge in [-0.05, 0) is 42.3 Å². The Hall–Kier alpha value is -1.82. The third-order valence-electron chi connectivity index (χ3n) is 5.23. The van der Waals surface area contributed by atoms with Gasteiger partial charge in [-0.1, -0.05) is 24.3 Å². The molecule has 2 aromatic carbocycles. The van der Waals surface area contributed by atoms with Crippen LogP contribution in [0.3, 0.4) is 0 Å². The maximum Gasteiger partial charge on any atom is 0.191 e. The molecule has 2 unspecified atom stereocenters. The smallest absolute Gasteiger partial charge is 0.191 e. The molecule has 1 heterocycles. The lowest BCUT2D eigenvalue weighted by molar-refractivity contribution is 0.0179. The molecule has 0 saturated carbocycles. The van der Waals surface area contributed by atoms with E-state index in [2.05, 4.69) is 15.5 Å². The molecule has 0 bridgehead atoms. The van der Waals surface area contributed by atoms with Crippen molar-refractivity contribution in [2.75, 3.05) is 45.9 Å². The summed E-state index contributed by atoms with van der Waals surface area (Å²) in [7, 11) is 0. The van der Waals surface area contributed by atoms with Crippen LogP contribution in [0.15, 0.2) is 53.5 Å². The maximum atomic E-state index is 13.4. The number of nitrogens with one attached hydrogen (secondary N) is 2. The largest absolute Gasteiger partial charge is 0.387 e. The van der Waals surface area contributed by atoms with Crippen LogP contribution in [-0.4, -0.2) is 61.9 Å². The van der Waals surface area contributed by atoms with Crippen LogP contribution in [0, 0.1) is 11.6 Å². The first-order valence-electron chi connectivity index (χ1n) is 10.6. The van der Waals surface area contributed by atoms with Gasteiger partial charge < -0.3 is 20.5 Å². The van der Waals surface area contributed by atoms with E-state index in [1.54, 1.807) is 24.3 Å². The summed E-state index contributed by atoms with van der Waals surface area (Å²) < 4.78 is 32.0. The Kier molecular flexibility index (Phi) is 11.3. The minimum Gasteiger partial charge on any atom is -0.387 e. The highest BCUT2D eigenvalue weighted by molar-refractivity contribution is 14.0. The summed E-state index contributed by atoms with van der Waals surface area (Å²) in [6, 6.07) is 12.3. The van der Waals surface area contributed by atoms with Gasteiger partial charge in [0.05, 0.1) is 31.9 Å². The van der Waals surface area contributed by atoms with Crippen molar-refractivity contribution < 1.29 is 18.6 Å². The van der Waals surface area contributed by atoms with Gasteiger partial charge in [0.15, 0.2) is 5.96 Å². The van der Waals surface area contributed by atoms with Crippen molar-refractivity contribution in [3.63, 3.8) is 0 Å². The van der Waals surface area contributed by atoms with Gasteiger partial charge in [0.2, 0.25) is 0 Å². The standard InChI is InChI=1S/C23H30F2N4O2.HI/c1-2-26-23(28-16-22(30)18-5-9-20(25)10-6-18)27-15-21(29-11-13-31-14-12-29)17-3-7-19(24)8-4-17;/h3-10,21-22,30H,2,11-16H2,1H3,(H2,26,27,28);1H. The first-order chi connectivity index (χ1) is 15.1. The Morgan fingerprint density at radius 1 is 1.00 bits per heavy atom. The topological polar surface area (TPSA) is 69.1 Å². The van der Waals surface area contributed by atoms with E-state index in [1.807, 2.05) is 6.92 Å². The van der Waals surface area contributed by atoms with Crippen molar-refractivity contribution in [1.82, 2.24) is 15.5 Å². The predicted octanol–water partition coefficient (Wildman–Crippen LogP) is 3.24. The van der Waals surface area contributed by atoms with E-state index in [9.17, 15) is 13.9 Å². The highest BCUT2D eigenvalue weighted by Gasteiger charge is 2.22. The lowest BCUT2D eigenvalue weighted by atomic mass is 10.0. The van der Waals surface area contributed by atoms with Gasteiger partial charge >= 0.3 is 0 Å². The number of halogens is 3. The molecule has 0 aliphatic carbocycles. The zero-order chi connectivity index (χ0) is 22.1. The highest BCUT2D eigenvalue weighted by atomic mass is 127. The average Bonchev–Trinajstić information content (AvgIpc) is 2.79. The summed E-state index contributed by atoms with van der Waals surface area (Å²) in [6.45, 7) is 6.21. The fourth-order valence-electron chi connectivity index (χ4n) is 3.52. The number of aliphatic imine (C=N–C) groups is 1. The second kappa shape index (κ2) is 13.7. The van der Waals surface area contributed by atoms with E-state index in [4.69, 9.17) is 9.73 Å². The number of nitrogens with zero attached hydrogens (tertiary/aromatic N) is 2. The van der Waals surface area contributed by atoms with Gasteiger partial charge in [0.25, 0.3) is 0 Å². The lowest BCUT2D eigenvalue weighted by Gasteiger charge is -2.34. The van der Waals surface area contributed by atoms with Crippen LogP contribution >= 0.6 is 24.0 Å². The van der Waals surface area contributed by atoms with Crippen LogP contribution in [0.4, 0.5) is 8.78 Å². The van der Waals surface area contributed by atoms with Crippen LogP contribution in [0.25, 0.3) is 0 Å². The molecule has 1 fully saturated rings. The van der Waals surface area contributed by atoms with E-state index in [0.29, 0.717) is 37.8 Å². The Balaban J connectivity index is 0.00000363. The highest BCUT2D eigenvalue weighted by Crippen LogP contribution is 2.23. The Bertz CT molecular complexity index is 831. The number of rotatable bonds is 8. The summed E-state index contributed by atoms with van der Waals surface area (Å²) in [5.41, 5.74) is 1.62. The van der Waals surface area contributed by atoms with Gasteiger partial charge in [-0.2, -0.15) is 0 Å². The molecule has 0 aromatic heterocycles. The molecule has 3 rings (SSSR count). The van der Waals surface area contributed by atoms with E-state index >= 15 is 0 Å². The molecule has 2 atom stereocenters. The summed E-state index contributed by atoms with van der Waals surface area (Å²) in [5, 5.41) is 16.7. The number of morpholine rings is 1. The van der Waals surface area contributed by atoms with Gasteiger partial charge in [-0.3, -0.25) is 9.89 Å². The number of aliphatic hydroxyl groups excluding tert-OH is 1. The molecule has 176 valence electrons. The molecule has 2 aromatic rings. The average molecular weight is 560 g/mol. The molecular formula is C23H31F2IN4O2. The summed E-state index contributed by atoms with van der Waals surface area (Å²) in [5.74, 6) is -0.0319. The van der Waals surface area contributed by atoms with Gasteiger partial charge in [-0.15, -0.1) is 24.0 Å². The van der Waals surface area contributed by atoms with Crippen molar-refractivity contribution in [1.29, 1.82) is 0 Å². The minimum atomic E-state index is -0.795. The maximum absolute atomic E-state index is 13.4. The molecule has 0 radical (unpaired) electrons. The molecule has 0 spiro atoms. The van der Waals surface area contributed by atoms with Crippen LogP contribution < -0.4 is 10.6 Å². The van der Waals surface area contributed by atoms with Crippen molar-refractivity contribution in [3.05, 3.63) is 71.3 Å². The van der Waals surface area contributed by atoms with E-state index in [1.165, 1.54) is 24.3 Å². The first-order valence-corrected chi connectivity index (χ1v) is 10.6. The van der Waals surface area contributed by atoms with Gasteiger partial charge in [0, 0.05) is 26.2 Å². The molecule has 9 heteroatoms. The number of guanidine groups is 1. The van der Waals surface area contributed by atoms with E-state index in [-0.39, 0.29) is 48.2 Å². The number of hydrogen-bond donors (Lipinski definition) is 3. The summed E-state index contributed by atoms with van der Waals surface area (Å²) in [4.78, 5) is 7.00. The predicted molar refractivity (Wildman–Crippen MR) is 132 cm³/mol. The number of aliphatic hydroxyl groups is 1. The van der Waals surface area contributed by atoms with Crippen LogP contribution in [0.5, 0.6) is 0 Å². The zero-order valence-corrected chi connectivity index (χ0v) is 20.5. The minimum absolute atomic E-state index is 0. The van der Waals surface area contributed by atoms with Crippen LogP contribution in [0.1, 0.15) is 30.2 Å². The van der Waals surface area contributed by atoms with E-state index < -0.39 is 6.10 Å². The molecule has 0 amide bonds. The van der Waals surface area contributed by atoms with E-state index in [0.717, 1.165) is 18.7 Å². The molecule has 1 saturated heterocycles. The lowest BCUT2D eigenvalue weighted by Crippen LogP contribution is -2.42. The molecule has 1 aliphatic rings. The molecular weight excluding hydrogens is 529 g/mol. The quantitative estimate of drug-likeness (QED) is 0.263. The zero-order valence-electron chi connectivity index (χ0n) is 18.1. The fraction of sp³-hybridized carbons (Fsp3) is 0.435. The summed E-state index contributed by atoms with van der Waals surface area (Å²) in [6.07, 6.45) is -0.795. The monoisotopic (exact) mass is 560 g/mol. The molecule has 6 nitrogen and oxygen atoms in total. The van der Waals surface area contributed by atoms with Gasteiger partial charge in [0.1, 0.15) is 11.6 Å². The number of benzene rings is 2. The van der Waals surface area contributed by atoms with Gasteiger partial charge in [-0.25, -0.2) is 8.78 Å². The van der Waals surface area contributed by atoms with Crippen LogP contribution in [-0.2, 0) is 4.74 Å². The van der Waals surface area contributed by atoms with Crippen molar-refractivity contribution in [3.8, 4) is 0 Å². The number of hydrogen-bond acceptors (Lipinski definition) is 4. The fourth-order valence-corrected chi connectivity index (χ4v) is 3.52.